The fourth-order valence-electron chi connectivity index (χ4n) is 2.22. The summed E-state index contributed by atoms with van der Waals surface area (Å²) in [6.45, 7) is 0. The molecule has 0 spiro atoms. The SMILES string of the molecule is CN1C(=O)C(C(=O)O)c2cc3occc3cc21. The van der Waals surface area contributed by atoms with Gasteiger partial charge in [0, 0.05) is 23.7 Å². The molecule has 1 aromatic heterocycles. The number of hydrogen-bond donors (Lipinski definition) is 1. The highest BCUT2D eigenvalue weighted by molar-refractivity contribution is 6.16. The first kappa shape index (κ1) is 9.89. The van der Waals surface area contributed by atoms with Crippen molar-refractivity contribution in [3.05, 3.63) is 30.0 Å². The molecule has 86 valence electrons. The Morgan fingerprint density at radius 3 is 2.94 bits per heavy atom. The molecule has 0 aliphatic carbocycles. The summed E-state index contributed by atoms with van der Waals surface area (Å²) < 4.78 is 5.22. The average Bonchev–Trinajstić information content (AvgIpc) is 2.81. The molecule has 0 fully saturated rings. The van der Waals surface area contributed by atoms with E-state index in [1.165, 1.54) is 11.2 Å². The standard InChI is InChI=1S/C12H9NO4/c1-13-8-4-6-2-3-17-9(6)5-7(8)10(11(13)14)12(15)16/h2-5,10H,1H3,(H,15,16). The van der Waals surface area contributed by atoms with Gasteiger partial charge in [0.25, 0.3) is 0 Å². The second-order valence-corrected chi connectivity index (χ2v) is 4.04. The molecule has 2 aromatic rings. The molecule has 3 rings (SSSR count). The van der Waals surface area contributed by atoms with E-state index >= 15 is 0 Å². The number of fused-ring (bicyclic) bond motifs is 2. The number of benzene rings is 1. The van der Waals surface area contributed by atoms with Crippen molar-refractivity contribution >= 4 is 28.5 Å². The van der Waals surface area contributed by atoms with Crippen LogP contribution in [-0.4, -0.2) is 24.0 Å². The summed E-state index contributed by atoms with van der Waals surface area (Å²) in [4.78, 5) is 24.3. The van der Waals surface area contributed by atoms with Gasteiger partial charge in [0.2, 0.25) is 5.91 Å². The number of carbonyl (C=O) groups is 2. The van der Waals surface area contributed by atoms with Crippen molar-refractivity contribution in [3.8, 4) is 0 Å². The molecule has 0 saturated heterocycles. The average molecular weight is 231 g/mol. The monoisotopic (exact) mass is 231 g/mol. The maximum absolute atomic E-state index is 11.8. The first-order valence-corrected chi connectivity index (χ1v) is 5.11. The van der Waals surface area contributed by atoms with Crippen LogP contribution < -0.4 is 4.90 Å². The first-order valence-electron chi connectivity index (χ1n) is 5.11. The lowest BCUT2D eigenvalue weighted by Crippen LogP contribution is -2.27. The second-order valence-electron chi connectivity index (χ2n) is 4.04. The van der Waals surface area contributed by atoms with Gasteiger partial charge in [-0.2, -0.15) is 0 Å². The largest absolute Gasteiger partial charge is 0.480 e. The molecule has 2 heterocycles. The van der Waals surface area contributed by atoms with Crippen molar-refractivity contribution in [1.29, 1.82) is 0 Å². The van der Waals surface area contributed by atoms with E-state index in [4.69, 9.17) is 9.52 Å². The second kappa shape index (κ2) is 3.10. The van der Waals surface area contributed by atoms with Gasteiger partial charge in [-0.3, -0.25) is 9.59 Å². The summed E-state index contributed by atoms with van der Waals surface area (Å²) >= 11 is 0. The molecule has 0 radical (unpaired) electrons. The summed E-state index contributed by atoms with van der Waals surface area (Å²) in [6, 6.07) is 5.18. The van der Waals surface area contributed by atoms with Crippen LogP contribution in [0.1, 0.15) is 11.5 Å². The summed E-state index contributed by atoms with van der Waals surface area (Å²) in [7, 11) is 1.58. The van der Waals surface area contributed by atoms with Crippen molar-refractivity contribution in [2.45, 2.75) is 5.92 Å². The fourth-order valence-corrected chi connectivity index (χ4v) is 2.22. The minimum absolute atomic E-state index is 0.417. The third-order valence-electron chi connectivity index (χ3n) is 3.10. The molecule has 0 bridgehead atoms. The van der Waals surface area contributed by atoms with E-state index in [1.54, 1.807) is 25.2 Å². The smallest absolute Gasteiger partial charge is 0.320 e. The number of likely N-dealkylation sites (N-methyl/N-ethyl adjacent to an activating group) is 1. The van der Waals surface area contributed by atoms with Crippen LogP contribution in [0.5, 0.6) is 0 Å². The molecule has 5 heteroatoms. The Bertz CT molecular complexity index is 643. The van der Waals surface area contributed by atoms with Crippen molar-refractivity contribution in [1.82, 2.24) is 0 Å². The number of furan rings is 1. The third kappa shape index (κ3) is 1.19. The molecule has 0 saturated carbocycles. The Hall–Kier alpha value is -2.30. The van der Waals surface area contributed by atoms with Crippen molar-refractivity contribution in [3.63, 3.8) is 0 Å². The molecule has 1 aliphatic heterocycles. The number of aliphatic carboxylic acids is 1. The molecule has 5 nitrogen and oxygen atoms in total. The van der Waals surface area contributed by atoms with Crippen molar-refractivity contribution in [2.24, 2.45) is 0 Å². The molecular weight excluding hydrogens is 222 g/mol. The van der Waals surface area contributed by atoms with Gasteiger partial charge in [0.15, 0.2) is 5.92 Å². The Balaban J connectivity index is 2.30. The van der Waals surface area contributed by atoms with Crippen LogP contribution >= 0.6 is 0 Å². The van der Waals surface area contributed by atoms with Crippen molar-refractivity contribution < 1.29 is 19.1 Å². The quantitative estimate of drug-likeness (QED) is 0.756. The Morgan fingerprint density at radius 1 is 1.47 bits per heavy atom. The lowest BCUT2D eigenvalue weighted by Gasteiger charge is -2.09. The first-order chi connectivity index (χ1) is 8.09. The molecule has 17 heavy (non-hydrogen) atoms. The molecule has 1 aromatic carbocycles. The topological polar surface area (TPSA) is 70.8 Å². The molecule has 1 unspecified atom stereocenters. The predicted octanol–water partition coefficient (Wildman–Crippen LogP) is 1.58. The van der Waals surface area contributed by atoms with Crippen LogP contribution in [0.3, 0.4) is 0 Å². The van der Waals surface area contributed by atoms with Gasteiger partial charge in [-0.15, -0.1) is 0 Å². The van der Waals surface area contributed by atoms with E-state index in [2.05, 4.69) is 0 Å². The number of nitrogens with zero attached hydrogens (tertiary/aromatic N) is 1. The van der Waals surface area contributed by atoms with Crippen LogP contribution in [0.2, 0.25) is 0 Å². The van der Waals surface area contributed by atoms with Gasteiger partial charge in [-0.05, 0) is 18.2 Å². The lowest BCUT2D eigenvalue weighted by molar-refractivity contribution is -0.141. The number of rotatable bonds is 1. The van der Waals surface area contributed by atoms with Crippen LogP contribution in [0, 0.1) is 0 Å². The summed E-state index contributed by atoms with van der Waals surface area (Å²) in [5.41, 5.74) is 1.72. The van der Waals surface area contributed by atoms with E-state index < -0.39 is 17.8 Å². The highest BCUT2D eigenvalue weighted by Gasteiger charge is 2.40. The summed E-state index contributed by atoms with van der Waals surface area (Å²) in [5, 5.41) is 9.95. The fraction of sp³-hybridized carbons (Fsp3) is 0.167. The molecular formula is C12H9NO4. The maximum atomic E-state index is 11.8. The van der Waals surface area contributed by atoms with Crippen LogP contribution in [-0.2, 0) is 9.59 Å². The molecule has 1 atom stereocenters. The summed E-state index contributed by atoms with van der Waals surface area (Å²) in [5.74, 6) is -2.67. The van der Waals surface area contributed by atoms with E-state index in [9.17, 15) is 9.59 Å². The van der Waals surface area contributed by atoms with Gasteiger partial charge in [-0.1, -0.05) is 0 Å². The normalized spacial score (nSPS) is 18.8. The van der Waals surface area contributed by atoms with Crippen LogP contribution in [0.25, 0.3) is 11.0 Å². The number of amides is 1. The number of hydrogen-bond acceptors (Lipinski definition) is 3. The zero-order chi connectivity index (χ0) is 12.2. The van der Waals surface area contributed by atoms with Crippen LogP contribution in [0.15, 0.2) is 28.9 Å². The Labute approximate surface area is 96.2 Å². The molecule has 1 amide bonds. The van der Waals surface area contributed by atoms with Gasteiger partial charge in [0.1, 0.15) is 5.58 Å². The zero-order valence-electron chi connectivity index (χ0n) is 9.01. The number of carboxylic acids is 1. The van der Waals surface area contributed by atoms with Gasteiger partial charge >= 0.3 is 5.97 Å². The van der Waals surface area contributed by atoms with E-state index in [0.29, 0.717) is 16.8 Å². The van der Waals surface area contributed by atoms with Gasteiger partial charge in [0.05, 0.1) is 6.26 Å². The number of carboxylic acid groups (broad SMARTS) is 1. The highest BCUT2D eigenvalue weighted by atomic mass is 16.4. The maximum Gasteiger partial charge on any atom is 0.320 e. The minimum Gasteiger partial charge on any atom is -0.480 e. The Kier molecular flexibility index (Phi) is 1.80. The van der Waals surface area contributed by atoms with Gasteiger partial charge < -0.3 is 14.4 Å². The number of carbonyl (C=O) groups excluding carboxylic acids is 1. The third-order valence-corrected chi connectivity index (χ3v) is 3.10. The Morgan fingerprint density at radius 2 is 2.24 bits per heavy atom. The zero-order valence-corrected chi connectivity index (χ0v) is 9.01. The van der Waals surface area contributed by atoms with Crippen LogP contribution in [0.4, 0.5) is 5.69 Å². The van der Waals surface area contributed by atoms with Crippen molar-refractivity contribution in [2.75, 3.05) is 11.9 Å². The number of anilines is 1. The highest BCUT2D eigenvalue weighted by Crippen LogP contribution is 2.39. The lowest BCUT2D eigenvalue weighted by atomic mass is 10.0. The predicted molar refractivity (Wildman–Crippen MR) is 60.0 cm³/mol. The molecule has 1 N–H and O–H groups in total. The summed E-state index contributed by atoms with van der Waals surface area (Å²) in [6.07, 6.45) is 1.54. The van der Waals surface area contributed by atoms with E-state index in [-0.39, 0.29) is 0 Å². The van der Waals surface area contributed by atoms with E-state index in [1.807, 2.05) is 0 Å². The van der Waals surface area contributed by atoms with Gasteiger partial charge in [-0.25, -0.2) is 0 Å². The van der Waals surface area contributed by atoms with E-state index in [0.717, 1.165) is 5.39 Å². The minimum atomic E-state index is -1.13. The molecule has 1 aliphatic rings.